The average molecular weight is 480 g/mol. The van der Waals surface area contributed by atoms with Gasteiger partial charge in [0.2, 0.25) is 5.91 Å². The summed E-state index contributed by atoms with van der Waals surface area (Å²) in [7, 11) is -2.62. The third-order valence-electron chi connectivity index (χ3n) is 5.96. The Morgan fingerprint density at radius 2 is 1.53 bits per heavy atom. The average Bonchev–Trinajstić information content (AvgIpc) is 2.88. The van der Waals surface area contributed by atoms with E-state index in [9.17, 15) is 13.2 Å². The molecule has 0 spiro atoms. The minimum atomic E-state index is -4.06. The lowest BCUT2D eigenvalue weighted by Gasteiger charge is -2.37. The van der Waals surface area contributed by atoms with E-state index in [-0.39, 0.29) is 23.1 Å². The number of amides is 1. The first-order valence-electron chi connectivity index (χ1n) is 11.2. The lowest BCUT2D eigenvalue weighted by molar-refractivity contribution is -0.129. The summed E-state index contributed by atoms with van der Waals surface area (Å²) in [6.45, 7) is 3.99. The number of carbonyl (C=O) groups is 1. The molecule has 7 nitrogen and oxygen atoms in total. The maximum absolute atomic E-state index is 13.8. The highest BCUT2D eigenvalue weighted by molar-refractivity contribution is 7.93. The summed E-state index contributed by atoms with van der Waals surface area (Å²) >= 11 is 0. The molecule has 1 fully saturated rings. The van der Waals surface area contributed by atoms with Gasteiger partial charge in [0.1, 0.15) is 17.2 Å². The number of nitrogens with zero attached hydrogens (tertiary/aromatic N) is 3. The van der Waals surface area contributed by atoms with Crippen molar-refractivity contribution in [3.8, 4) is 5.75 Å². The van der Waals surface area contributed by atoms with Crippen LogP contribution in [0, 0.1) is 6.92 Å². The van der Waals surface area contributed by atoms with E-state index in [0.29, 0.717) is 31.9 Å². The number of hydrogen-bond donors (Lipinski definition) is 0. The highest BCUT2D eigenvalue weighted by atomic mass is 32.2. The van der Waals surface area contributed by atoms with Gasteiger partial charge in [-0.3, -0.25) is 9.10 Å². The molecule has 0 unspecified atom stereocenters. The van der Waals surface area contributed by atoms with Gasteiger partial charge in [-0.15, -0.1) is 0 Å². The summed E-state index contributed by atoms with van der Waals surface area (Å²) in [5.41, 5.74) is 2.34. The van der Waals surface area contributed by atoms with Crippen LogP contribution in [0.25, 0.3) is 0 Å². The Morgan fingerprint density at radius 3 is 2.15 bits per heavy atom. The number of piperazine rings is 1. The predicted molar refractivity (Wildman–Crippen MR) is 134 cm³/mol. The van der Waals surface area contributed by atoms with E-state index >= 15 is 0 Å². The number of anilines is 2. The minimum absolute atomic E-state index is 0.0422. The van der Waals surface area contributed by atoms with Gasteiger partial charge in [0.25, 0.3) is 10.0 Å². The number of carbonyl (C=O) groups excluding carboxylic acids is 1. The fourth-order valence-corrected chi connectivity index (χ4v) is 5.75. The fourth-order valence-electron chi connectivity index (χ4n) is 4.09. The van der Waals surface area contributed by atoms with Gasteiger partial charge in [0.15, 0.2) is 0 Å². The number of sulfonamides is 1. The van der Waals surface area contributed by atoms with Gasteiger partial charge in [0.05, 0.1) is 12.8 Å². The highest BCUT2D eigenvalue weighted by Crippen LogP contribution is 2.31. The zero-order chi connectivity index (χ0) is 24.1. The number of para-hydroxylation sites is 2. The Bertz CT molecular complexity index is 1230. The molecule has 8 heteroatoms. The summed E-state index contributed by atoms with van der Waals surface area (Å²) in [4.78, 5) is 17.3. The minimum Gasteiger partial charge on any atom is -0.495 e. The van der Waals surface area contributed by atoms with Crippen LogP contribution in [-0.2, 0) is 14.8 Å². The molecule has 178 valence electrons. The molecule has 0 atom stereocenters. The van der Waals surface area contributed by atoms with E-state index in [1.54, 1.807) is 47.4 Å². The van der Waals surface area contributed by atoms with Crippen LogP contribution in [0.1, 0.15) is 5.56 Å². The maximum Gasteiger partial charge on any atom is 0.268 e. The van der Waals surface area contributed by atoms with Crippen LogP contribution >= 0.6 is 0 Å². The number of ether oxygens (including phenoxy) is 1. The first-order valence-corrected chi connectivity index (χ1v) is 12.6. The fraction of sp³-hybridized carbons (Fsp3) is 0.269. The molecular formula is C26H29N3O4S. The van der Waals surface area contributed by atoms with Gasteiger partial charge < -0.3 is 14.5 Å². The van der Waals surface area contributed by atoms with Gasteiger partial charge in [0, 0.05) is 31.9 Å². The zero-order valence-electron chi connectivity index (χ0n) is 19.4. The molecule has 0 N–H and O–H groups in total. The molecule has 0 saturated carbocycles. The Kier molecular flexibility index (Phi) is 7.07. The third-order valence-corrected chi connectivity index (χ3v) is 7.76. The Balaban J connectivity index is 1.57. The maximum atomic E-state index is 13.8. The van der Waals surface area contributed by atoms with Crippen LogP contribution in [0.3, 0.4) is 0 Å². The molecular weight excluding hydrogens is 450 g/mol. The zero-order valence-corrected chi connectivity index (χ0v) is 20.2. The summed E-state index contributed by atoms with van der Waals surface area (Å²) in [5, 5.41) is 0. The SMILES string of the molecule is COc1ccc(C)cc1S(=O)(=O)N(CC(=O)N1CCN(c2ccccc2)CC1)c1ccccc1. The Hall–Kier alpha value is -3.52. The van der Waals surface area contributed by atoms with Crippen molar-refractivity contribution in [3.05, 3.63) is 84.4 Å². The molecule has 1 aliphatic rings. The molecule has 1 heterocycles. The molecule has 1 amide bonds. The van der Waals surface area contributed by atoms with Crippen LogP contribution < -0.4 is 13.9 Å². The smallest absolute Gasteiger partial charge is 0.268 e. The van der Waals surface area contributed by atoms with E-state index in [1.807, 2.05) is 31.2 Å². The number of aryl methyl sites for hydroxylation is 1. The van der Waals surface area contributed by atoms with E-state index in [2.05, 4.69) is 17.0 Å². The monoisotopic (exact) mass is 479 g/mol. The van der Waals surface area contributed by atoms with Crippen LogP contribution in [0.4, 0.5) is 11.4 Å². The van der Waals surface area contributed by atoms with Crippen LogP contribution in [-0.4, -0.2) is 59.1 Å². The number of hydrogen-bond acceptors (Lipinski definition) is 5. The van der Waals surface area contributed by atoms with Gasteiger partial charge in [-0.05, 0) is 48.9 Å². The lowest BCUT2D eigenvalue weighted by Crippen LogP contribution is -2.52. The summed E-state index contributed by atoms with van der Waals surface area (Å²) in [6, 6.07) is 23.8. The van der Waals surface area contributed by atoms with E-state index < -0.39 is 10.0 Å². The largest absolute Gasteiger partial charge is 0.495 e. The Labute approximate surface area is 201 Å². The van der Waals surface area contributed by atoms with Gasteiger partial charge >= 0.3 is 0 Å². The number of methoxy groups -OCH3 is 1. The molecule has 1 aliphatic heterocycles. The quantitative estimate of drug-likeness (QED) is 0.518. The van der Waals surface area contributed by atoms with Crippen molar-refractivity contribution >= 4 is 27.3 Å². The van der Waals surface area contributed by atoms with Gasteiger partial charge in [-0.2, -0.15) is 0 Å². The van der Waals surface area contributed by atoms with E-state index in [4.69, 9.17) is 4.74 Å². The van der Waals surface area contributed by atoms with Crippen molar-refractivity contribution < 1.29 is 17.9 Å². The summed E-state index contributed by atoms with van der Waals surface area (Å²) in [5.74, 6) is 0.0159. The molecule has 0 aliphatic carbocycles. The first kappa shape index (κ1) is 23.6. The Morgan fingerprint density at radius 1 is 0.912 bits per heavy atom. The molecule has 1 saturated heterocycles. The van der Waals surface area contributed by atoms with E-state index in [1.165, 1.54) is 11.4 Å². The molecule has 3 aromatic rings. The van der Waals surface area contributed by atoms with Crippen LogP contribution in [0.15, 0.2) is 83.8 Å². The van der Waals surface area contributed by atoms with E-state index in [0.717, 1.165) is 11.3 Å². The normalized spacial score (nSPS) is 14.1. The second-order valence-corrected chi connectivity index (χ2v) is 10.0. The molecule has 0 aromatic heterocycles. The topological polar surface area (TPSA) is 70.2 Å². The first-order chi connectivity index (χ1) is 16.4. The van der Waals surface area contributed by atoms with Gasteiger partial charge in [-0.1, -0.05) is 42.5 Å². The number of rotatable bonds is 7. The van der Waals surface area contributed by atoms with Crippen LogP contribution in [0.2, 0.25) is 0 Å². The van der Waals surface area contributed by atoms with Crippen molar-refractivity contribution in [1.82, 2.24) is 4.90 Å². The lowest BCUT2D eigenvalue weighted by atomic mass is 10.2. The number of benzene rings is 3. The van der Waals surface area contributed by atoms with Crippen molar-refractivity contribution in [2.75, 3.05) is 49.0 Å². The second-order valence-electron chi connectivity index (χ2n) is 8.20. The molecule has 0 radical (unpaired) electrons. The van der Waals surface area contributed by atoms with Crippen LogP contribution in [0.5, 0.6) is 5.75 Å². The molecule has 4 rings (SSSR count). The highest BCUT2D eigenvalue weighted by Gasteiger charge is 2.32. The molecule has 34 heavy (non-hydrogen) atoms. The predicted octanol–water partition coefficient (Wildman–Crippen LogP) is 3.55. The van der Waals surface area contributed by atoms with Crippen molar-refractivity contribution in [2.24, 2.45) is 0 Å². The summed E-state index contributed by atoms with van der Waals surface area (Å²) < 4.78 is 34.1. The van der Waals surface area contributed by atoms with Crippen molar-refractivity contribution in [1.29, 1.82) is 0 Å². The van der Waals surface area contributed by atoms with Gasteiger partial charge in [-0.25, -0.2) is 8.42 Å². The van der Waals surface area contributed by atoms with Crippen molar-refractivity contribution in [3.63, 3.8) is 0 Å². The second kappa shape index (κ2) is 10.2. The molecule has 0 bridgehead atoms. The standard InChI is InChI=1S/C26H29N3O4S/c1-21-13-14-24(33-2)25(19-21)34(31,32)29(23-11-7-4-8-12-23)20-26(30)28-17-15-27(16-18-28)22-9-5-3-6-10-22/h3-14,19H,15-18,20H2,1-2H3. The summed E-state index contributed by atoms with van der Waals surface area (Å²) in [6.07, 6.45) is 0. The van der Waals surface area contributed by atoms with Crippen molar-refractivity contribution in [2.45, 2.75) is 11.8 Å². The third kappa shape index (κ3) is 5.02. The molecule has 3 aromatic carbocycles.